The Labute approximate surface area is 141 Å². The Morgan fingerprint density at radius 3 is 2.24 bits per heavy atom. The van der Waals surface area contributed by atoms with E-state index in [0.29, 0.717) is 5.69 Å². The molecule has 1 aromatic rings. The smallest absolute Gasteiger partial charge is 0.409 e. The van der Waals surface area contributed by atoms with Crippen LogP contribution in [-0.2, 0) is 19.1 Å². The first-order valence-electron chi connectivity index (χ1n) is 6.97. The second-order valence-electron chi connectivity index (χ2n) is 5.03. The van der Waals surface area contributed by atoms with Crippen LogP contribution in [0.15, 0.2) is 46.9 Å². The summed E-state index contributed by atoms with van der Waals surface area (Å²) in [6.07, 6.45) is -0.958. The summed E-state index contributed by atoms with van der Waals surface area (Å²) in [4.78, 5) is 45.5. The zero-order chi connectivity index (χ0) is 18.7. The highest BCUT2D eigenvalue weighted by molar-refractivity contribution is 6.23. The van der Waals surface area contributed by atoms with Crippen LogP contribution in [-0.4, -0.2) is 28.9 Å². The maximum atomic E-state index is 11.9. The first-order valence-corrected chi connectivity index (χ1v) is 6.97. The highest BCUT2D eigenvalue weighted by atomic mass is 16.6. The fourth-order valence-corrected chi connectivity index (χ4v) is 2.15. The number of cyclic esters (lactones) is 2. The number of hydrogen-bond acceptors (Lipinski definition) is 8. The predicted molar refractivity (Wildman–Crippen MR) is 84.4 cm³/mol. The van der Waals surface area contributed by atoms with Crippen molar-refractivity contribution < 1.29 is 33.8 Å². The van der Waals surface area contributed by atoms with Crippen molar-refractivity contribution in [1.82, 2.24) is 0 Å². The maximum Gasteiger partial charge on any atom is 0.409 e. The van der Waals surface area contributed by atoms with E-state index in [2.05, 4.69) is 14.8 Å². The maximum absolute atomic E-state index is 11.9. The number of benzene rings is 1. The number of amides is 1. The van der Waals surface area contributed by atoms with E-state index < -0.39 is 35.1 Å². The number of carbonyl (C=O) groups excluding carboxylic acids is 4. The molecule has 4 N–H and O–H groups in total. The number of rotatable bonds is 4. The summed E-state index contributed by atoms with van der Waals surface area (Å²) in [5.41, 5.74) is 4.59. The van der Waals surface area contributed by atoms with E-state index >= 15 is 0 Å². The molecule has 0 fully saturated rings. The number of hydrogen-bond donors (Lipinski definition) is 3. The number of aliphatic hydroxyl groups excluding tert-OH is 1. The third-order valence-corrected chi connectivity index (χ3v) is 3.20. The van der Waals surface area contributed by atoms with E-state index in [1.54, 1.807) is 0 Å². The molecule has 0 radical (unpaired) electrons. The third-order valence-electron chi connectivity index (χ3n) is 3.20. The molecule has 0 atom stereocenters. The van der Waals surface area contributed by atoms with E-state index in [1.807, 2.05) is 0 Å². The molecular formula is C16H14N2O7. The Morgan fingerprint density at radius 2 is 1.72 bits per heavy atom. The van der Waals surface area contributed by atoms with Gasteiger partial charge >= 0.3 is 18.0 Å². The van der Waals surface area contributed by atoms with Gasteiger partial charge in [0.15, 0.2) is 5.78 Å². The molecule has 1 heterocycles. The molecule has 9 heteroatoms. The van der Waals surface area contributed by atoms with Crippen molar-refractivity contribution >= 4 is 29.5 Å². The first kappa shape index (κ1) is 17.7. The lowest BCUT2D eigenvalue weighted by Crippen LogP contribution is -2.29. The molecule has 0 unspecified atom stereocenters. The topological polar surface area (TPSA) is 145 Å². The van der Waals surface area contributed by atoms with Crippen molar-refractivity contribution in [3.8, 4) is 5.75 Å². The molecule has 1 aliphatic heterocycles. The first-order chi connectivity index (χ1) is 11.7. The molecule has 9 nitrogen and oxygen atoms in total. The van der Waals surface area contributed by atoms with Crippen molar-refractivity contribution in [3.63, 3.8) is 0 Å². The lowest BCUT2D eigenvalue weighted by Gasteiger charge is -2.18. The Hall–Kier alpha value is -3.62. The summed E-state index contributed by atoms with van der Waals surface area (Å²) < 4.78 is 9.16. The Balaban J connectivity index is 2.35. The number of allylic oxidation sites excluding steroid dienone is 1. The number of nitrogens with two attached hydrogens (primary N) is 1. The van der Waals surface area contributed by atoms with Gasteiger partial charge < -0.3 is 25.6 Å². The van der Waals surface area contributed by atoms with Crippen molar-refractivity contribution in [1.29, 1.82) is 0 Å². The van der Waals surface area contributed by atoms with Gasteiger partial charge in [-0.05, 0) is 38.1 Å². The van der Waals surface area contributed by atoms with Crippen molar-refractivity contribution in [2.75, 3.05) is 5.32 Å². The molecule has 1 amide bonds. The number of nitrogens with one attached hydrogen (secondary N) is 1. The minimum atomic E-state index is -1.19. The number of ketones is 1. The van der Waals surface area contributed by atoms with Crippen LogP contribution >= 0.6 is 0 Å². The number of primary amides is 1. The van der Waals surface area contributed by atoms with Gasteiger partial charge in [0.05, 0.1) is 0 Å². The SMILES string of the molecule is CC(=O)C1=C(O)C(=C(C)Nc2ccc(OC(N)=O)cc2)C(=O)OC1=O. The number of anilines is 1. The lowest BCUT2D eigenvalue weighted by molar-refractivity contribution is -0.155. The molecule has 0 aliphatic carbocycles. The molecule has 2 rings (SSSR count). The Bertz CT molecular complexity index is 835. The predicted octanol–water partition coefficient (Wildman–Crippen LogP) is 1.31. The van der Waals surface area contributed by atoms with Gasteiger partial charge in [-0.2, -0.15) is 0 Å². The fraction of sp³-hybridized carbons (Fsp3) is 0.125. The minimum absolute atomic E-state index is 0.150. The van der Waals surface area contributed by atoms with Gasteiger partial charge in [-0.3, -0.25) is 4.79 Å². The number of carbonyl (C=O) groups is 4. The molecular weight excluding hydrogens is 332 g/mol. The van der Waals surface area contributed by atoms with E-state index in [-0.39, 0.29) is 17.0 Å². The molecule has 0 aromatic heterocycles. The summed E-state index contributed by atoms with van der Waals surface area (Å²) in [7, 11) is 0. The fourth-order valence-electron chi connectivity index (χ4n) is 2.15. The third kappa shape index (κ3) is 3.83. The largest absolute Gasteiger partial charge is 0.506 e. The van der Waals surface area contributed by atoms with Crippen molar-refractivity contribution in [2.45, 2.75) is 13.8 Å². The quantitative estimate of drug-likeness (QED) is 0.320. The zero-order valence-corrected chi connectivity index (χ0v) is 13.3. The van der Waals surface area contributed by atoms with Crippen LogP contribution in [0.4, 0.5) is 10.5 Å². The van der Waals surface area contributed by atoms with E-state index in [9.17, 15) is 24.3 Å². The van der Waals surface area contributed by atoms with Crippen LogP contribution < -0.4 is 15.8 Å². The summed E-state index contributed by atoms with van der Waals surface area (Å²) in [6.45, 7) is 2.52. The van der Waals surface area contributed by atoms with Crippen molar-refractivity contribution in [2.24, 2.45) is 5.73 Å². The highest BCUT2D eigenvalue weighted by Crippen LogP contribution is 2.26. The van der Waals surface area contributed by atoms with Gasteiger partial charge in [-0.15, -0.1) is 0 Å². The summed E-state index contributed by atoms with van der Waals surface area (Å²) in [6, 6.07) is 5.94. The highest BCUT2D eigenvalue weighted by Gasteiger charge is 2.36. The van der Waals surface area contributed by atoms with Gasteiger partial charge in [0.2, 0.25) is 0 Å². The molecule has 1 aliphatic rings. The van der Waals surface area contributed by atoms with Crippen LogP contribution in [0.25, 0.3) is 0 Å². The average molecular weight is 346 g/mol. The lowest BCUT2D eigenvalue weighted by atomic mass is 10.0. The standard InChI is InChI=1S/C16H14N2O7/c1-7(18-9-3-5-10(6-4-9)24-16(17)23)11-13(20)12(8(2)19)15(22)25-14(11)21/h3-6,18,20H,1-2H3,(H2,17,23). The Morgan fingerprint density at radius 1 is 1.12 bits per heavy atom. The van der Waals surface area contributed by atoms with Gasteiger partial charge in [0.1, 0.15) is 22.7 Å². The number of Topliss-reactive ketones (excluding diaryl/α,β-unsaturated/α-hetero) is 1. The molecule has 0 spiro atoms. The number of aliphatic hydroxyl groups is 1. The molecule has 0 saturated carbocycles. The summed E-state index contributed by atoms with van der Waals surface area (Å²) in [5, 5.41) is 12.9. The normalized spacial score (nSPS) is 16.2. The Kier molecular flexibility index (Phi) is 4.87. The molecule has 130 valence electrons. The number of esters is 2. The molecule has 0 bridgehead atoms. The molecule has 1 aromatic carbocycles. The van der Waals surface area contributed by atoms with Crippen LogP contribution in [0, 0.1) is 0 Å². The summed E-state index contributed by atoms with van der Waals surface area (Å²) >= 11 is 0. The summed E-state index contributed by atoms with van der Waals surface area (Å²) in [5.74, 6) is -3.53. The monoisotopic (exact) mass is 346 g/mol. The molecule has 0 saturated heterocycles. The van der Waals surface area contributed by atoms with Gasteiger partial charge in [0, 0.05) is 11.4 Å². The second-order valence-corrected chi connectivity index (χ2v) is 5.03. The molecule has 25 heavy (non-hydrogen) atoms. The second kappa shape index (κ2) is 6.87. The van der Waals surface area contributed by atoms with Crippen LogP contribution in [0.5, 0.6) is 5.75 Å². The van der Waals surface area contributed by atoms with E-state index in [0.717, 1.165) is 6.92 Å². The van der Waals surface area contributed by atoms with Gasteiger partial charge in [-0.25, -0.2) is 14.4 Å². The van der Waals surface area contributed by atoms with Crippen LogP contribution in [0.1, 0.15) is 13.8 Å². The zero-order valence-electron chi connectivity index (χ0n) is 13.3. The average Bonchev–Trinajstić information content (AvgIpc) is 2.47. The van der Waals surface area contributed by atoms with Gasteiger partial charge in [-0.1, -0.05) is 0 Å². The van der Waals surface area contributed by atoms with E-state index in [1.165, 1.54) is 31.2 Å². The number of ether oxygens (including phenoxy) is 2. The van der Waals surface area contributed by atoms with Crippen LogP contribution in [0.3, 0.4) is 0 Å². The minimum Gasteiger partial charge on any atom is -0.506 e. The van der Waals surface area contributed by atoms with Crippen LogP contribution in [0.2, 0.25) is 0 Å². The van der Waals surface area contributed by atoms with Gasteiger partial charge in [0.25, 0.3) is 0 Å². The van der Waals surface area contributed by atoms with Crippen molar-refractivity contribution in [3.05, 3.63) is 46.9 Å². The van der Waals surface area contributed by atoms with E-state index in [4.69, 9.17) is 5.73 Å².